The molecule has 0 spiro atoms. The Kier molecular flexibility index (Phi) is 8.99. The van der Waals surface area contributed by atoms with Gasteiger partial charge >= 0.3 is 0 Å². The van der Waals surface area contributed by atoms with Gasteiger partial charge in [-0.3, -0.25) is 9.59 Å². The number of nitrogens with one attached hydrogen (secondary N) is 1. The van der Waals surface area contributed by atoms with Crippen LogP contribution in [0.1, 0.15) is 30.5 Å². The number of carbonyl (C=O) groups excluding carboxylic acids is 2. The minimum Gasteiger partial charge on any atom is -0.355 e. The summed E-state index contributed by atoms with van der Waals surface area (Å²) in [4.78, 5) is 26.9. The molecule has 0 aliphatic heterocycles. The molecule has 7 heteroatoms. The third-order valence-electron chi connectivity index (χ3n) is 4.65. The molecule has 156 valence electrons. The normalized spacial score (nSPS) is 11.8. The maximum atomic E-state index is 13.9. The maximum absolute atomic E-state index is 13.9. The zero-order chi connectivity index (χ0) is 21.4. The Labute approximate surface area is 180 Å². The van der Waals surface area contributed by atoms with Gasteiger partial charge in [-0.05, 0) is 44.0 Å². The smallest absolute Gasteiger partial charge is 0.242 e. The van der Waals surface area contributed by atoms with Crippen LogP contribution in [0, 0.1) is 12.7 Å². The summed E-state index contributed by atoms with van der Waals surface area (Å²) in [5.74, 6) is -0.350. The molecule has 1 N–H and O–H groups in total. The molecule has 2 amide bonds. The topological polar surface area (TPSA) is 49.4 Å². The van der Waals surface area contributed by atoms with E-state index in [-0.39, 0.29) is 29.1 Å². The van der Waals surface area contributed by atoms with Crippen LogP contribution < -0.4 is 5.32 Å². The van der Waals surface area contributed by atoms with Crippen LogP contribution in [0.15, 0.2) is 42.5 Å². The van der Waals surface area contributed by atoms with Gasteiger partial charge in [-0.1, -0.05) is 41.9 Å². The number of hydrogen-bond donors (Lipinski definition) is 1. The summed E-state index contributed by atoms with van der Waals surface area (Å²) in [7, 11) is 0. The van der Waals surface area contributed by atoms with Crippen LogP contribution in [-0.4, -0.2) is 35.1 Å². The van der Waals surface area contributed by atoms with E-state index in [4.69, 9.17) is 11.6 Å². The molecule has 29 heavy (non-hydrogen) atoms. The molecule has 4 nitrogen and oxygen atoms in total. The largest absolute Gasteiger partial charge is 0.355 e. The summed E-state index contributed by atoms with van der Waals surface area (Å²) >= 11 is 7.34. The van der Waals surface area contributed by atoms with Crippen molar-refractivity contribution in [2.45, 2.75) is 39.1 Å². The molecular weight excluding hydrogens is 411 g/mol. The van der Waals surface area contributed by atoms with Crippen LogP contribution in [-0.2, 0) is 21.9 Å². The Morgan fingerprint density at radius 2 is 1.93 bits per heavy atom. The lowest BCUT2D eigenvalue weighted by molar-refractivity contribution is -0.138. The Bertz CT molecular complexity index is 842. The third-order valence-corrected chi connectivity index (χ3v) is 5.95. The van der Waals surface area contributed by atoms with Crippen molar-refractivity contribution in [1.29, 1.82) is 0 Å². The predicted molar refractivity (Wildman–Crippen MR) is 117 cm³/mol. The zero-order valence-electron chi connectivity index (χ0n) is 16.9. The highest BCUT2D eigenvalue weighted by Crippen LogP contribution is 2.24. The van der Waals surface area contributed by atoms with Crippen LogP contribution in [0.2, 0.25) is 5.02 Å². The zero-order valence-corrected chi connectivity index (χ0v) is 18.4. The Morgan fingerprint density at radius 1 is 1.21 bits per heavy atom. The lowest BCUT2D eigenvalue weighted by atomic mass is 10.1. The van der Waals surface area contributed by atoms with E-state index in [9.17, 15) is 14.0 Å². The summed E-state index contributed by atoms with van der Waals surface area (Å²) in [6.07, 6.45) is 0. The second-order valence-electron chi connectivity index (χ2n) is 6.71. The van der Waals surface area contributed by atoms with Crippen LogP contribution in [0.25, 0.3) is 0 Å². The van der Waals surface area contributed by atoms with E-state index in [2.05, 4.69) is 5.32 Å². The summed E-state index contributed by atoms with van der Waals surface area (Å²) in [5.41, 5.74) is 2.42. The second kappa shape index (κ2) is 11.2. The van der Waals surface area contributed by atoms with Gasteiger partial charge in [0.2, 0.25) is 11.8 Å². The van der Waals surface area contributed by atoms with E-state index < -0.39 is 6.04 Å². The first-order chi connectivity index (χ1) is 13.8. The van der Waals surface area contributed by atoms with Crippen molar-refractivity contribution >= 4 is 35.2 Å². The Hall–Kier alpha value is -2.05. The minimum absolute atomic E-state index is 0.125. The number of carbonyl (C=O) groups is 2. The molecule has 0 heterocycles. The fraction of sp³-hybridized carbons (Fsp3) is 0.364. The molecule has 0 saturated heterocycles. The van der Waals surface area contributed by atoms with Gasteiger partial charge < -0.3 is 10.2 Å². The van der Waals surface area contributed by atoms with Crippen LogP contribution in [0.5, 0.6) is 0 Å². The molecular formula is C22H26ClFN2O2S. The maximum Gasteiger partial charge on any atom is 0.242 e. The quantitative estimate of drug-likeness (QED) is 0.626. The van der Waals surface area contributed by atoms with E-state index in [1.807, 2.05) is 38.1 Å². The van der Waals surface area contributed by atoms with Gasteiger partial charge in [0.05, 0.1) is 5.75 Å². The van der Waals surface area contributed by atoms with Crippen molar-refractivity contribution in [2.24, 2.45) is 0 Å². The standard InChI is InChI=1S/C22H26ClFN2O2S/c1-4-25-22(28)16(3)26(12-17-9-6-5-8-15(17)2)21(27)14-29-13-18-19(23)10-7-11-20(18)24/h5-11,16H,4,12-14H2,1-3H3,(H,25,28)/t16-/m0/s1. The number of thioether (sulfide) groups is 1. The molecule has 1 atom stereocenters. The van der Waals surface area contributed by atoms with Gasteiger partial charge in [-0.25, -0.2) is 4.39 Å². The SMILES string of the molecule is CCNC(=O)[C@H](C)N(Cc1ccccc1C)C(=O)CSCc1c(F)cccc1Cl. The number of nitrogens with zero attached hydrogens (tertiary/aromatic N) is 1. The van der Waals surface area contributed by atoms with Gasteiger partial charge in [0, 0.05) is 29.4 Å². The molecule has 0 aliphatic carbocycles. The van der Waals surface area contributed by atoms with Crippen LogP contribution in [0.4, 0.5) is 4.39 Å². The van der Waals surface area contributed by atoms with Gasteiger partial charge in [-0.15, -0.1) is 11.8 Å². The van der Waals surface area contributed by atoms with Crippen LogP contribution in [0.3, 0.4) is 0 Å². The monoisotopic (exact) mass is 436 g/mol. The van der Waals surface area contributed by atoms with E-state index in [0.29, 0.717) is 23.7 Å². The summed E-state index contributed by atoms with van der Waals surface area (Å²) in [6, 6.07) is 11.7. The third kappa shape index (κ3) is 6.47. The molecule has 0 radical (unpaired) electrons. The second-order valence-corrected chi connectivity index (χ2v) is 8.10. The van der Waals surface area contributed by atoms with Gasteiger partial charge in [0.1, 0.15) is 11.9 Å². The number of likely N-dealkylation sites (N-methyl/N-ethyl adjacent to an activating group) is 1. The molecule has 0 saturated carbocycles. The van der Waals surface area contributed by atoms with E-state index in [1.54, 1.807) is 24.0 Å². The molecule has 0 unspecified atom stereocenters. The molecule has 0 aromatic heterocycles. The number of amides is 2. The molecule has 0 bridgehead atoms. The number of halogens is 2. The van der Waals surface area contributed by atoms with Crippen molar-refractivity contribution in [1.82, 2.24) is 10.2 Å². The van der Waals surface area contributed by atoms with Crippen molar-refractivity contribution in [3.8, 4) is 0 Å². The molecule has 0 fully saturated rings. The van der Waals surface area contributed by atoms with Gasteiger partial charge in [0.25, 0.3) is 0 Å². The molecule has 2 aromatic rings. The van der Waals surface area contributed by atoms with E-state index in [0.717, 1.165) is 11.1 Å². The summed E-state index contributed by atoms with van der Waals surface area (Å²) < 4.78 is 13.9. The average molecular weight is 437 g/mol. The fourth-order valence-corrected chi connectivity index (χ4v) is 4.12. The average Bonchev–Trinajstić information content (AvgIpc) is 2.69. The van der Waals surface area contributed by atoms with Crippen molar-refractivity contribution < 1.29 is 14.0 Å². The van der Waals surface area contributed by atoms with Crippen molar-refractivity contribution in [3.05, 3.63) is 70.0 Å². The van der Waals surface area contributed by atoms with Gasteiger partial charge in [-0.2, -0.15) is 0 Å². The van der Waals surface area contributed by atoms with Crippen molar-refractivity contribution in [3.63, 3.8) is 0 Å². The number of aryl methyl sites for hydroxylation is 1. The fourth-order valence-electron chi connectivity index (χ4n) is 2.87. The Balaban J connectivity index is 2.11. The highest BCUT2D eigenvalue weighted by atomic mass is 35.5. The van der Waals surface area contributed by atoms with E-state index >= 15 is 0 Å². The van der Waals surface area contributed by atoms with Gasteiger partial charge in [0.15, 0.2) is 0 Å². The number of rotatable bonds is 9. The lowest BCUT2D eigenvalue weighted by Gasteiger charge is -2.29. The molecule has 0 aliphatic rings. The number of hydrogen-bond acceptors (Lipinski definition) is 3. The molecule has 2 aromatic carbocycles. The van der Waals surface area contributed by atoms with Crippen LogP contribution >= 0.6 is 23.4 Å². The first kappa shape index (κ1) is 23.2. The first-order valence-corrected chi connectivity index (χ1v) is 11.0. The Morgan fingerprint density at radius 3 is 2.59 bits per heavy atom. The minimum atomic E-state index is -0.611. The highest BCUT2D eigenvalue weighted by molar-refractivity contribution is 7.99. The summed E-state index contributed by atoms with van der Waals surface area (Å²) in [6.45, 7) is 6.37. The first-order valence-electron chi connectivity index (χ1n) is 9.47. The van der Waals surface area contributed by atoms with E-state index in [1.165, 1.54) is 17.8 Å². The highest BCUT2D eigenvalue weighted by Gasteiger charge is 2.26. The van der Waals surface area contributed by atoms with Crippen molar-refractivity contribution in [2.75, 3.05) is 12.3 Å². The summed E-state index contributed by atoms with van der Waals surface area (Å²) in [5, 5.41) is 3.12. The number of benzene rings is 2. The lowest BCUT2D eigenvalue weighted by Crippen LogP contribution is -2.48. The molecule has 2 rings (SSSR count). The predicted octanol–water partition coefficient (Wildman–Crippen LogP) is 4.57.